The highest BCUT2D eigenvalue weighted by Crippen LogP contribution is 2.19. The summed E-state index contributed by atoms with van der Waals surface area (Å²) in [5.41, 5.74) is 0. The Morgan fingerprint density at radius 3 is 2.57 bits per heavy atom. The molecule has 0 aliphatic heterocycles. The topological polar surface area (TPSA) is 15.3 Å². The van der Waals surface area contributed by atoms with Crippen molar-refractivity contribution in [3.05, 3.63) is 12.7 Å². The number of hydrogen-bond donors (Lipinski definition) is 1. The molecule has 1 saturated carbocycles. The van der Waals surface area contributed by atoms with Crippen LogP contribution in [0.5, 0.6) is 0 Å². The van der Waals surface area contributed by atoms with E-state index >= 15 is 0 Å². The van der Waals surface area contributed by atoms with Crippen molar-refractivity contribution in [1.29, 1.82) is 0 Å². The van der Waals surface area contributed by atoms with Crippen molar-refractivity contribution in [2.75, 3.05) is 20.1 Å². The van der Waals surface area contributed by atoms with Gasteiger partial charge in [-0.1, -0.05) is 19.9 Å². The number of likely N-dealkylation sites (N-methyl/N-ethyl adjacent to an activating group) is 1. The summed E-state index contributed by atoms with van der Waals surface area (Å²) in [7, 11) is 2.18. The van der Waals surface area contributed by atoms with E-state index < -0.39 is 0 Å². The van der Waals surface area contributed by atoms with E-state index in [4.69, 9.17) is 0 Å². The van der Waals surface area contributed by atoms with E-state index in [-0.39, 0.29) is 0 Å². The van der Waals surface area contributed by atoms with Gasteiger partial charge in [0.2, 0.25) is 0 Å². The van der Waals surface area contributed by atoms with Gasteiger partial charge in [-0.2, -0.15) is 0 Å². The lowest BCUT2D eigenvalue weighted by Gasteiger charge is -2.30. The first kappa shape index (κ1) is 11.7. The molecule has 1 unspecified atom stereocenters. The summed E-state index contributed by atoms with van der Waals surface area (Å²) in [6.45, 7) is 10.5. The smallest absolute Gasteiger partial charge is 0.0243 e. The van der Waals surface area contributed by atoms with Gasteiger partial charge in [0.25, 0.3) is 0 Å². The Morgan fingerprint density at radius 2 is 2.14 bits per heavy atom. The predicted octanol–water partition coefficient (Wildman–Crippen LogP) is 1.88. The van der Waals surface area contributed by atoms with Gasteiger partial charge >= 0.3 is 0 Å². The molecule has 14 heavy (non-hydrogen) atoms. The molecule has 1 atom stereocenters. The molecule has 0 aromatic heterocycles. The van der Waals surface area contributed by atoms with Gasteiger partial charge in [-0.3, -0.25) is 4.90 Å². The largest absolute Gasteiger partial charge is 0.312 e. The average molecular weight is 196 g/mol. The van der Waals surface area contributed by atoms with Crippen molar-refractivity contribution < 1.29 is 0 Å². The Labute approximate surface area is 88.4 Å². The van der Waals surface area contributed by atoms with Crippen LogP contribution in [0.3, 0.4) is 0 Å². The highest BCUT2D eigenvalue weighted by molar-refractivity contribution is 4.86. The van der Waals surface area contributed by atoms with Crippen molar-refractivity contribution >= 4 is 0 Å². The van der Waals surface area contributed by atoms with Gasteiger partial charge in [-0.25, -0.2) is 0 Å². The van der Waals surface area contributed by atoms with Crippen LogP contribution in [0.25, 0.3) is 0 Å². The summed E-state index contributed by atoms with van der Waals surface area (Å²) < 4.78 is 0. The molecule has 0 aromatic carbocycles. The molecule has 0 spiro atoms. The minimum atomic E-state index is 0.633. The van der Waals surface area contributed by atoms with E-state index in [0.717, 1.165) is 19.1 Å². The Morgan fingerprint density at radius 1 is 1.50 bits per heavy atom. The third-order valence-corrected chi connectivity index (χ3v) is 2.95. The molecule has 2 nitrogen and oxygen atoms in total. The van der Waals surface area contributed by atoms with E-state index in [1.54, 1.807) is 0 Å². The Balaban J connectivity index is 2.31. The van der Waals surface area contributed by atoms with E-state index in [9.17, 15) is 0 Å². The number of nitrogens with zero attached hydrogens (tertiary/aromatic N) is 1. The Bertz CT molecular complexity index is 173. The fourth-order valence-corrected chi connectivity index (χ4v) is 1.81. The lowest BCUT2D eigenvalue weighted by Crippen LogP contribution is -2.44. The van der Waals surface area contributed by atoms with Crippen molar-refractivity contribution in [3.63, 3.8) is 0 Å². The lowest BCUT2D eigenvalue weighted by atomic mass is 10.0. The molecule has 0 amide bonds. The second kappa shape index (κ2) is 5.52. The van der Waals surface area contributed by atoms with Gasteiger partial charge in [-0.05, 0) is 25.8 Å². The first-order valence-corrected chi connectivity index (χ1v) is 5.69. The summed E-state index contributed by atoms with van der Waals surface area (Å²) in [6.07, 6.45) is 4.72. The fourth-order valence-electron chi connectivity index (χ4n) is 1.81. The molecule has 0 radical (unpaired) electrons. The summed E-state index contributed by atoms with van der Waals surface area (Å²) >= 11 is 0. The van der Waals surface area contributed by atoms with Crippen LogP contribution in [0.15, 0.2) is 12.7 Å². The Kier molecular flexibility index (Phi) is 4.63. The standard InChI is InChI=1S/C12H24N2/c1-5-8-14(4)12(10(2)3)9-13-11-6-7-11/h5,10-13H,1,6-9H2,2-4H3. The van der Waals surface area contributed by atoms with Crippen molar-refractivity contribution in [1.82, 2.24) is 10.2 Å². The molecule has 0 aromatic rings. The van der Waals surface area contributed by atoms with E-state index in [1.807, 2.05) is 6.08 Å². The monoisotopic (exact) mass is 196 g/mol. The van der Waals surface area contributed by atoms with Crippen LogP contribution < -0.4 is 5.32 Å². The molecule has 1 aliphatic rings. The van der Waals surface area contributed by atoms with Crippen LogP contribution in [0, 0.1) is 5.92 Å². The van der Waals surface area contributed by atoms with Crippen LogP contribution >= 0.6 is 0 Å². The minimum Gasteiger partial charge on any atom is -0.312 e. The summed E-state index contributed by atoms with van der Waals surface area (Å²) in [6, 6.07) is 1.45. The van der Waals surface area contributed by atoms with Gasteiger partial charge in [0.1, 0.15) is 0 Å². The van der Waals surface area contributed by atoms with Gasteiger partial charge in [0.05, 0.1) is 0 Å². The van der Waals surface area contributed by atoms with Gasteiger partial charge in [0, 0.05) is 25.2 Å². The second-order valence-corrected chi connectivity index (χ2v) is 4.72. The fraction of sp³-hybridized carbons (Fsp3) is 0.833. The van der Waals surface area contributed by atoms with Crippen molar-refractivity contribution in [3.8, 4) is 0 Å². The normalized spacial score (nSPS) is 18.9. The third kappa shape index (κ3) is 3.81. The van der Waals surface area contributed by atoms with Crippen LogP contribution in [0.2, 0.25) is 0 Å². The molecule has 1 N–H and O–H groups in total. The predicted molar refractivity (Wildman–Crippen MR) is 62.5 cm³/mol. The van der Waals surface area contributed by atoms with Crippen molar-refractivity contribution in [2.24, 2.45) is 5.92 Å². The van der Waals surface area contributed by atoms with Gasteiger partial charge in [-0.15, -0.1) is 6.58 Å². The molecule has 82 valence electrons. The summed E-state index contributed by atoms with van der Waals surface area (Å²) in [5, 5.41) is 3.60. The molecule has 1 rings (SSSR count). The van der Waals surface area contributed by atoms with E-state index in [0.29, 0.717) is 12.0 Å². The van der Waals surface area contributed by atoms with E-state index in [1.165, 1.54) is 12.8 Å². The van der Waals surface area contributed by atoms with Crippen LogP contribution in [-0.4, -0.2) is 37.1 Å². The highest BCUT2D eigenvalue weighted by Gasteiger charge is 2.24. The second-order valence-electron chi connectivity index (χ2n) is 4.72. The minimum absolute atomic E-state index is 0.633. The number of hydrogen-bond acceptors (Lipinski definition) is 2. The molecule has 1 fully saturated rings. The lowest BCUT2D eigenvalue weighted by molar-refractivity contribution is 0.204. The maximum absolute atomic E-state index is 3.79. The number of rotatable bonds is 7. The van der Waals surface area contributed by atoms with Crippen LogP contribution in [0.4, 0.5) is 0 Å². The third-order valence-electron chi connectivity index (χ3n) is 2.95. The zero-order valence-electron chi connectivity index (χ0n) is 9.79. The maximum Gasteiger partial charge on any atom is 0.0243 e. The van der Waals surface area contributed by atoms with E-state index in [2.05, 4.69) is 37.7 Å². The molecule has 1 aliphatic carbocycles. The zero-order valence-corrected chi connectivity index (χ0v) is 9.79. The molecule has 0 bridgehead atoms. The van der Waals surface area contributed by atoms with Crippen molar-refractivity contribution in [2.45, 2.75) is 38.8 Å². The quantitative estimate of drug-likeness (QED) is 0.625. The van der Waals surface area contributed by atoms with Gasteiger partial charge in [0.15, 0.2) is 0 Å². The maximum atomic E-state index is 3.79. The zero-order chi connectivity index (χ0) is 10.6. The Hall–Kier alpha value is -0.340. The van der Waals surface area contributed by atoms with Crippen LogP contribution in [-0.2, 0) is 0 Å². The molecule has 2 heteroatoms. The SMILES string of the molecule is C=CCN(C)C(CNC1CC1)C(C)C. The van der Waals surface area contributed by atoms with Gasteiger partial charge < -0.3 is 5.32 Å². The molecular weight excluding hydrogens is 172 g/mol. The molecular formula is C12H24N2. The summed E-state index contributed by atoms with van der Waals surface area (Å²) in [4.78, 5) is 2.38. The molecule has 0 heterocycles. The summed E-state index contributed by atoms with van der Waals surface area (Å²) in [5.74, 6) is 0.700. The highest BCUT2D eigenvalue weighted by atomic mass is 15.2. The first-order valence-electron chi connectivity index (χ1n) is 5.69. The number of nitrogens with one attached hydrogen (secondary N) is 1. The van der Waals surface area contributed by atoms with Crippen LogP contribution in [0.1, 0.15) is 26.7 Å². The molecule has 0 saturated heterocycles. The average Bonchev–Trinajstić information content (AvgIpc) is 2.88. The first-order chi connectivity index (χ1) is 6.65.